The lowest BCUT2D eigenvalue weighted by Crippen LogP contribution is -2.48. The van der Waals surface area contributed by atoms with Crippen LogP contribution in [0.3, 0.4) is 0 Å². The maximum absolute atomic E-state index is 12.5. The van der Waals surface area contributed by atoms with E-state index >= 15 is 0 Å². The van der Waals surface area contributed by atoms with Crippen molar-refractivity contribution in [2.75, 3.05) is 63.9 Å². The minimum atomic E-state index is -0.0169. The highest BCUT2D eigenvalue weighted by molar-refractivity contribution is 5.92. The average molecular weight is 305 g/mol. The summed E-state index contributed by atoms with van der Waals surface area (Å²) in [5, 5.41) is 0. The summed E-state index contributed by atoms with van der Waals surface area (Å²) in [5.41, 5.74) is 0.432. The predicted octanol–water partition coefficient (Wildman–Crippen LogP) is 0.0909. The van der Waals surface area contributed by atoms with E-state index in [0.717, 1.165) is 51.6 Å². The Morgan fingerprint density at radius 2 is 1.82 bits per heavy atom. The van der Waals surface area contributed by atoms with Gasteiger partial charge in [0.05, 0.1) is 25.6 Å². The van der Waals surface area contributed by atoms with Gasteiger partial charge < -0.3 is 19.4 Å². The Labute approximate surface area is 130 Å². The molecule has 0 radical (unpaired) electrons. The van der Waals surface area contributed by atoms with Crippen LogP contribution >= 0.6 is 0 Å². The number of carbonyl (C=O) groups is 1. The molecule has 2 saturated heterocycles. The summed E-state index contributed by atoms with van der Waals surface area (Å²) in [6, 6.07) is 0. The molecule has 2 aliphatic rings. The van der Waals surface area contributed by atoms with Gasteiger partial charge in [0.15, 0.2) is 0 Å². The molecule has 2 fully saturated rings. The van der Waals surface area contributed by atoms with Gasteiger partial charge in [-0.25, -0.2) is 9.97 Å². The smallest absolute Gasteiger partial charge is 0.274 e. The molecule has 0 unspecified atom stereocenters. The zero-order valence-corrected chi connectivity index (χ0v) is 13.1. The van der Waals surface area contributed by atoms with E-state index in [4.69, 9.17) is 4.74 Å². The Kier molecular flexibility index (Phi) is 4.84. The first-order chi connectivity index (χ1) is 10.8. The number of nitrogens with zero attached hydrogens (tertiary/aromatic N) is 5. The third-order valence-corrected chi connectivity index (χ3v) is 4.30. The average Bonchev–Trinajstić information content (AvgIpc) is 2.62. The van der Waals surface area contributed by atoms with Crippen LogP contribution in [0.25, 0.3) is 0 Å². The van der Waals surface area contributed by atoms with Crippen LogP contribution in [0.4, 0.5) is 5.82 Å². The number of rotatable bonds is 3. The van der Waals surface area contributed by atoms with E-state index in [1.54, 1.807) is 12.4 Å². The van der Waals surface area contributed by atoms with Crippen molar-refractivity contribution in [2.45, 2.75) is 6.92 Å². The molecule has 0 atom stereocenters. The van der Waals surface area contributed by atoms with Crippen molar-refractivity contribution >= 4 is 11.7 Å². The third kappa shape index (κ3) is 3.36. The second-order valence-electron chi connectivity index (χ2n) is 5.59. The normalized spacial score (nSPS) is 20.2. The van der Waals surface area contributed by atoms with Gasteiger partial charge in [-0.15, -0.1) is 0 Å². The maximum Gasteiger partial charge on any atom is 0.274 e. The van der Waals surface area contributed by atoms with Crippen LogP contribution in [-0.2, 0) is 4.74 Å². The van der Waals surface area contributed by atoms with Gasteiger partial charge in [0.1, 0.15) is 11.5 Å². The minimum Gasteiger partial charge on any atom is -0.378 e. The predicted molar refractivity (Wildman–Crippen MR) is 83.1 cm³/mol. The highest BCUT2D eigenvalue weighted by Crippen LogP contribution is 2.12. The van der Waals surface area contributed by atoms with Crippen LogP contribution in [0.15, 0.2) is 12.4 Å². The topological polar surface area (TPSA) is 61.8 Å². The standard InChI is InChI=1S/C15H23N5O2/c1-2-18-3-5-20(6-4-18)15(21)13-11-17-14(12-16-13)19-7-9-22-10-8-19/h11-12H,2-10H2,1H3. The second-order valence-corrected chi connectivity index (χ2v) is 5.59. The Morgan fingerprint density at radius 3 is 2.41 bits per heavy atom. The van der Waals surface area contributed by atoms with E-state index in [9.17, 15) is 4.79 Å². The third-order valence-electron chi connectivity index (χ3n) is 4.30. The molecule has 7 heteroatoms. The maximum atomic E-state index is 12.5. The van der Waals surface area contributed by atoms with Crippen molar-refractivity contribution in [3.63, 3.8) is 0 Å². The first-order valence-electron chi connectivity index (χ1n) is 7.94. The first kappa shape index (κ1) is 15.2. The molecule has 3 rings (SSSR count). The zero-order chi connectivity index (χ0) is 15.4. The van der Waals surface area contributed by atoms with Crippen LogP contribution in [-0.4, -0.2) is 84.7 Å². The van der Waals surface area contributed by atoms with Crippen LogP contribution in [0.2, 0.25) is 0 Å². The molecule has 3 heterocycles. The summed E-state index contributed by atoms with van der Waals surface area (Å²) in [5.74, 6) is 0.799. The number of piperazine rings is 1. The van der Waals surface area contributed by atoms with E-state index in [-0.39, 0.29) is 5.91 Å². The van der Waals surface area contributed by atoms with Gasteiger partial charge in [-0.05, 0) is 6.54 Å². The molecule has 0 aliphatic carbocycles. The first-order valence-corrected chi connectivity index (χ1v) is 7.94. The minimum absolute atomic E-state index is 0.0169. The second kappa shape index (κ2) is 7.02. The Balaban J connectivity index is 1.61. The summed E-state index contributed by atoms with van der Waals surface area (Å²) < 4.78 is 5.33. The van der Waals surface area contributed by atoms with Gasteiger partial charge in [0.2, 0.25) is 0 Å². The fraction of sp³-hybridized carbons (Fsp3) is 0.667. The van der Waals surface area contributed by atoms with Crippen molar-refractivity contribution in [1.29, 1.82) is 0 Å². The van der Waals surface area contributed by atoms with E-state index in [2.05, 4.69) is 26.7 Å². The van der Waals surface area contributed by atoms with Crippen molar-refractivity contribution in [1.82, 2.24) is 19.8 Å². The largest absolute Gasteiger partial charge is 0.378 e. The van der Waals surface area contributed by atoms with Crippen LogP contribution in [0.5, 0.6) is 0 Å². The number of hydrogen-bond donors (Lipinski definition) is 0. The fourth-order valence-corrected chi connectivity index (χ4v) is 2.82. The molecular formula is C15H23N5O2. The summed E-state index contributed by atoms with van der Waals surface area (Å²) in [4.78, 5) is 27.5. The molecule has 1 aromatic heterocycles. The van der Waals surface area contributed by atoms with E-state index in [1.165, 1.54) is 0 Å². The van der Waals surface area contributed by atoms with Gasteiger partial charge in [0, 0.05) is 39.3 Å². The van der Waals surface area contributed by atoms with Gasteiger partial charge in [-0.1, -0.05) is 6.92 Å². The molecule has 1 aromatic rings. The fourth-order valence-electron chi connectivity index (χ4n) is 2.82. The molecule has 0 aromatic carbocycles. The van der Waals surface area contributed by atoms with E-state index in [0.29, 0.717) is 18.9 Å². The quantitative estimate of drug-likeness (QED) is 0.789. The van der Waals surface area contributed by atoms with Gasteiger partial charge >= 0.3 is 0 Å². The van der Waals surface area contributed by atoms with Crippen molar-refractivity contribution in [2.24, 2.45) is 0 Å². The highest BCUT2D eigenvalue weighted by Gasteiger charge is 2.22. The van der Waals surface area contributed by atoms with Crippen molar-refractivity contribution in [3.8, 4) is 0 Å². The monoisotopic (exact) mass is 305 g/mol. The van der Waals surface area contributed by atoms with E-state index in [1.807, 2.05) is 4.90 Å². The number of morpholine rings is 1. The number of hydrogen-bond acceptors (Lipinski definition) is 6. The highest BCUT2D eigenvalue weighted by atomic mass is 16.5. The molecule has 1 amide bonds. The van der Waals surface area contributed by atoms with Gasteiger partial charge in [-0.3, -0.25) is 4.79 Å². The van der Waals surface area contributed by atoms with Crippen molar-refractivity contribution < 1.29 is 9.53 Å². The summed E-state index contributed by atoms with van der Waals surface area (Å²) in [6.07, 6.45) is 3.29. The Hall–Kier alpha value is -1.73. The van der Waals surface area contributed by atoms with Crippen LogP contribution in [0.1, 0.15) is 17.4 Å². The summed E-state index contributed by atoms with van der Waals surface area (Å²) in [7, 11) is 0. The molecule has 0 N–H and O–H groups in total. The molecule has 7 nitrogen and oxygen atoms in total. The SMILES string of the molecule is CCN1CCN(C(=O)c2cnc(N3CCOCC3)cn2)CC1. The molecule has 2 aliphatic heterocycles. The molecule has 22 heavy (non-hydrogen) atoms. The van der Waals surface area contributed by atoms with Crippen LogP contribution in [0, 0.1) is 0 Å². The zero-order valence-electron chi connectivity index (χ0n) is 13.1. The number of carbonyl (C=O) groups excluding carboxylic acids is 1. The van der Waals surface area contributed by atoms with Gasteiger partial charge in [0.25, 0.3) is 5.91 Å². The number of likely N-dealkylation sites (N-methyl/N-ethyl adjacent to an activating group) is 1. The lowest BCUT2D eigenvalue weighted by molar-refractivity contribution is 0.0637. The number of anilines is 1. The lowest BCUT2D eigenvalue weighted by Gasteiger charge is -2.33. The molecule has 0 saturated carbocycles. The Morgan fingerprint density at radius 1 is 1.09 bits per heavy atom. The molecule has 120 valence electrons. The van der Waals surface area contributed by atoms with Crippen LogP contribution < -0.4 is 4.90 Å². The van der Waals surface area contributed by atoms with Gasteiger partial charge in [-0.2, -0.15) is 0 Å². The van der Waals surface area contributed by atoms with Crippen molar-refractivity contribution in [3.05, 3.63) is 18.1 Å². The number of ether oxygens (including phenoxy) is 1. The lowest BCUT2D eigenvalue weighted by atomic mass is 10.3. The molecular weight excluding hydrogens is 282 g/mol. The Bertz CT molecular complexity index is 493. The summed E-state index contributed by atoms with van der Waals surface area (Å²) in [6.45, 7) is 9.64. The number of aromatic nitrogens is 2. The molecule has 0 bridgehead atoms. The number of amides is 1. The molecule has 0 spiro atoms. The summed E-state index contributed by atoms with van der Waals surface area (Å²) >= 11 is 0. The van der Waals surface area contributed by atoms with E-state index < -0.39 is 0 Å².